The van der Waals surface area contributed by atoms with Crippen LogP contribution in [0.25, 0.3) is 0 Å². The van der Waals surface area contributed by atoms with Crippen LogP contribution in [0.3, 0.4) is 0 Å². The van der Waals surface area contributed by atoms with Crippen LogP contribution in [0.4, 0.5) is 5.82 Å². The highest BCUT2D eigenvalue weighted by Crippen LogP contribution is 2.30. The van der Waals surface area contributed by atoms with E-state index >= 15 is 0 Å². The number of aliphatic imine (C=N–C) groups is 1. The normalized spacial score (nSPS) is 16.3. The topological polar surface area (TPSA) is 71.0 Å². The molecule has 0 unspecified atom stereocenters. The van der Waals surface area contributed by atoms with Gasteiger partial charge in [-0.2, -0.15) is 0 Å². The second-order valence-electron chi connectivity index (χ2n) is 8.00. The van der Waals surface area contributed by atoms with E-state index in [0.717, 1.165) is 74.0 Å². The van der Waals surface area contributed by atoms with E-state index in [4.69, 9.17) is 14.5 Å². The maximum Gasteiger partial charge on any atom is 0.191 e. The fourth-order valence-electron chi connectivity index (χ4n) is 3.58. The minimum Gasteiger partial charge on any atom is -0.493 e. The van der Waals surface area contributed by atoms with Gasteiger partial charge in [0.1, 0.15) is 11.6 Å². The summed E-state index contributed by atoms with van der Waals surface area (Å²) in [4.78, 5) is 11.7. The van der Waals surface area contributed by atoms with Crippen LogP contribution < -0.4 is 20.3 Å². The van der Waals surface area contributed by atoms with Crippen molar-refractivity contribution >= 4 is 35.8 Å². The lowest BCUT2D eigenvalue weighted by Gasteiger charge is -2.29. The molecular formula is C24H34IN5O2. The molecule has 0 radical (unpaired) electrons. The van der Waals surface area contributed by atoms with Crippen LogP contribution in [0.5, 0.6) is 5.75 Å². The standard InChI is InChI=1S/C24H33N5O2.HI/c1-2-25-24(27-16-20-6-3-4-8-22(20)31-18-19-9-10-19)28-17-21-7-5-11-26-23(21)29-12-14-30-15-13-29;/h3-8,11,19H,2,9-10,12-18H2,1H3,(H2,25,27,28);1H. The average molecular weight is 551 g/mol. The summed E-state index contributed by atoms with van der Waals surface area (Å²) in [6.07, 6.45) is 4.43. The summed E-state index contributed by atoms with van der Waals surface area (Å²) in [5, 5.41) is 6.81. The first kappa shape index (κ1) is 24.6. The molecule has 174 valence electrons. The van der Waals surface area contributed by atoms with Crippen LogP contribution in [0, 0.1) is 5.92 Å². The largest absolute Gasteiger partial charge is 0.493 e. The van der Waals surface area contributed by atoms with E-state index in [1.807, 2.05) is 30.5 Å². The van der Waals surface area contributed by atoms with Crippen molar-refractivity contribution in [1.82, 2.24) is 15.6 Å². The van der Waals surface area contributed by atoms with Crippen LogP contribution in [0.15, 0.2) is 47.6 Å². The predicted molar refractivity (Wildman–Crippen MR) is 139 cm³/mol. The van der Waals surface area contributed by atoms with Gasteiger partial charge in [-0.1, -0.05) is 24.3 Å². The molecule has 1 aliphatic heterocycles. The molecule has 2 N–H and O–H groups in total. The summed E-state index contributed by atoms with van der Waals surface area (Å²) < 4.78 is 11.5. The van der Waals surface area contributed by atoms with Gasteiger partial charge in [0.2, 0.25) is 0 Å². The van der Waals surface area contributed by atoms with Gasteiger partial charge in [-0.3, -0.25) is 0 Å². The number of pyridine rings is 1. The Morgan fingerprint density at radius 2 is 1.91 bits per heavy atom. The fourth-order valence-corrected chi connectivity index (χ4v) is 3.58. The maximum absolute atomic E-state index is 6.03. The molecular weight excluding hydrogens is 517 g/mol. The molecule has 2 aromatic rings. The van der Waals surface area contributed by atoms with E-state index in [0.29, 0.717) is 13.1 Å². The molecule has 0 bridgehead atoms. The number of ether oxygens (including phenoxy) is 2. The third-order valence-electron chi connectivity index (χ3n) is 5.52. The lowest BCUT2D eigenvalue weighted by molar-refractivity contribution is 0.122. The van der Waals surface area contributed by atoms with Gasteiger partial charge in [0, 0.05) is 43.5 Å². The molecule has 1 saturated carbocycles. The number of hydrogen-bond acceptors (Lipinski definition) is 5. The third-order valence-corrected chi connectivity index (χ3v) is 5.52. The van der Waals surface area contributed by atoms with Gasteiger partial charge in [0.25, 0.3) is 0 Å². The van der Waals surface area contributed by atoms with Crippen molar-refractivity contribution in [3.05, 3.63) is 53.7 Å². The number of benzene rings is 1. The number of aromatic nitrogens is 1. The maximum atomic E-state index is 6.03. The number of nitrogens with zero attached hydrogens (tertiary/aromatic N) is 3. The van der Waals surface area contributed by atoms with Crippen LogP contribution in [-0.2, 0) is 17.8 Å². The minimum atomic E-state index is 0. The zero-order valence-electron chi connectivity index (χ0n) is 18.8. The summed E-state index contributed by atoms with van der Waals surface area (Å²) >= 11 is 0. The Morgan fingerprint density at radius 3 is 2.69 bits per heavy atom. The fraction of sp³-hybridized carbons (Fsp3) is 0.500. The van der Waals surface area contributed by atoms with Crippen molar-refractivity contribution in [2.45, 2.75) is 32.9 Å². The molecule has 2 fully saturated rings. The van der Waals surface area contributed by atoms with Gasteiger partial charge in [-0.05, 0) is 37.8 Å². The van der Waals surface area contributed by atoms with E-state index in [2.05, 4.69) is 39.6 Å². The van der Waals surface area contributed by atoms with E-state index in [9.17, 15) is 0 Å². The molecule has 1 aromatic carbocycles. The van der Waals surface area contributed by atoms with Gasteiger partial charge >= 0.3 is 0 Å². The Morgan fingerprint density at radius 1 is 1.12 bits per heavy atom. The minimum absolute atomic E-state index is 0. The van der Waals surface area contributed by atoms with Crippen molar-refractivity contribution in [1.29, 1.82) is 0 Å². The zero-order chi connectivity index (χ0) is 21.3. The molecule has 1 aliphatic carbocycles. The number of hydrogen-bond donors (Lipinski definition) is 2. The Labute approximate surface area is 208 Å². The first-order valence-corrected chi connectivity index (χ1v) is 11.3. The molecule has 2 aliphatic rings. The Balaban J connectivity index is 0.00000289. The highest BCUT2D eigenvalue weighted by molar-refractivity contribution is 14.0. The van der Waals surface area contributed by atoms with E-state index in [-0.39, 0.29) is 24.0 Å². The second-order valence-corrected chi connectivity index (χ2v) is 8.00. The molecule has 7 nitrogen and oxygen atoms in total. The average Bonchev–Trinajstić information content (AvgIpc) is 3.65. The van der Waals surface area contributed by atoms with E-state index in [1.165, 1.54) is 12.8 Å². The number of guanidine groups is 1. The summed E-state index contributed by atoms with van der Waals surface area (Å²) in [6.45, 7) is 8.15. The van der Waals surface area contributed by atoms with Gasteiger partial charge in [0.05, 0.1) is 26.4 Å². The number of para-hydroxylation sites is 1. The summed E-state index contributed by atoms with van der Waals surface area (Å²) in [5.41, 5.74) is 2.26. The Bertz CT molecular complexity index is 869. The van der Waals surface area contributed by atoms with Gasteiger partial charge < -0.3 is 25.0 Å². The van der Waals surface area contributed by atoms with Crippen LogP contribution >= 0.6 is 24.0 Å². The predicted octanol–water partition coefficient (Wildman–Crippen LogP) is 3.58. The monoisotopic (exact) mass is 551 g/mol. The molecule has 0 atom stereocenters. The lowest BCUT2D eigenvalue weighted by Crippen LogP contribution is -2.39. The Hall–Kier alpha value is -2.07. The molecule has 2 heterocycles. The molecule has 4 rings (SSSR count). The lowest BCUT2D eigenvalue weighted by atomic mass is 10.2. The second kappa shape index (κ2) is 12.8. The zero-order valence-corrected chi connectivity index (χ0v) is 21.1. The molecule has 0 spiro atoms. The molecule has 32 heavy (non-hydrogen) atoms. The molecule has 8 heteroatoms. The SMILES string of the molecule is CCNC(=NCc1ccccc1OCC1CC1)NCc1cccnc1N1CCOCC1.I. The van der Waals surface area contributed by atoms with Gasteiger partial charge in [-0.15, -0.1) is 24.0 Å². The van der Waals surface area contributed by atoms with Crippen molar-refractivity contribution in [2.75, 3.05) is 44.4 Å². The first-order valence-electron chi connectivity index (χ1n) is 11.3. The van der Waals surface area contributed by atoms with Crippen molar-refractivity contribution in [3.8, 4) is 5.75 Å². The van der Waals surface area contributed by atoms with Crippen molar-refractivity contribution in [2.24, 2.45) is 10.9 Å². The van der Waals surface area contributed by atoms with E-state index < -0.39 is 0 Å². The van der Waals surface area contributed by atoms with Crippen LogP contribution in [-0.4, -0.2) is 50.4 Å². The summed E-state index contributed by atoms with van der Waals surface area (Å²) in [7, 11) is 0. The number of morpholine rings is 1. The highest BCUT2D eigenvalue weighted by Gasteiger charge is 2.22. The van der Waals surface area contributed by atoms with Crippen molar-refractivity contribution < 1.29 is 9.47 Å². The Kier molecular flexibility index (Phi) is 9.86. The van der Waals surface area contributed by atoms with Crippen LogP contribution in [0.2, 0.25) is 0 Å². The quantitative estimate of drug-likeness (QED) is 0.282. The number of nitrogens with one attached hydrogen (secondary N) is 2. The summed E-state index contributed by atoms with van der Waals surface area (Å²) in [6, 6.07) is 12.3. The molecule has 0 amide bonds. The van der Waals surface area contributed by atoms with E-state index in [1.54, 1.807) is 0 Å². The molecule has 1 aromatic heterocycles. The van der Waals surface area contributed by atoms with Gasteiger partial charge in [0.15, 0.2) is 5.96 Å². The molecule has 1 saturated heterocycles. The van der Waals surface area contributed by atoms with Crippen molar-refractivity contribution in [3.63, 3.8) is 0 Å². The highest BCUT2D eigenvalue weighted by atomic mass is 127. The number of halogens is 1. The summed E-state index contributed by atoms with van der Waals surface area (Å²) in [5.74, 6) is 3.48. The smallest absolute Gasteiger partial charge is 0.191 e. The first-order chi connectivity index (χ1) is 15.3. The third kappa shape index (κ3) is 7.23. The number of anilines is 1. The van der Waals surface area contributed by atoms with Crippen LogP contribution in [0.1, 0.15) is 30.9 Å². The number of rotatable bonds is 9. The van der Waals surface area contributed by atoms with Gasteiger partial charge in [-0.25, -0.2) is 9.98 Å².